The van der Waals surface area contributed by atoms with E-state index >= 15 is 0 Å². The third kappa shape index (κ3) is 4.01. The summed E-state index contributed by atoms with van der Waals surface area (Å²) in [7, 11) is -4.06. The highest BCUT2D eigenvalue weighted by molar-refractivity contribution is 7.91. The van der Waals surface area contributed by atoms with Crippen LogP contribution in [0.25, 0.3) is 11.5 Å². The fraction of sp³-hybridized carbons (Fsp3) is 0. The second-order valence-electron chi connectivity index (χ2n) is 6.11. The van der Waals surface area contributed by atoms with Crippen LogP contribution in [0.4, 0.5) is 16.0 Å². The summed E-state index contributed by atoms with van der Waals surface area (Å²) >= 11 is 5.92. The zero-order valence-corrected chi connectivity index (χ0v) is 16.4. The average molecular weight is 429 g/mol. The summed E-state index contributed by atoms with van der Waals surface area (Å²) in [6, 6.07) is 20.1. The first-order valence-electron chi connectivity index (χ1n) is 8.53. The molecule has 0 saturated carbocycles. The molecule has 1 heterocycles. The maximum absolute atomic E-state index is 13.3. The van der Waals surface area contributed by atoms with Gasteiger partial charge in [0.15, 0.2) is 0 Å². The molecule has 0 aliphatic carbocycles. The van der Waals surface area contributed by atoms with Gasteiger partial charge in [0.1, 0.15) is 5.82 Å². The van der Waals surface area contributed by atoms with Crippen LogP contribution in [0.2, 0.25) is 5.02 Å². The molecule has 4 aromatic rings. The van der Waals surface area contributed by atoms with Crippen LogP contribution in [-0.2, 0) is 9.84 Å². The third-order valence-corrected chi connectivity index (χ3v) is 6.03. The number of para-hydroxylation sites is 1. The summed E-state index contributed by atoms with van der Waals surface area (Å²) in [5.74, 6) is -0.458. The van der Waals surface area contributed by atoms with Crippen LogP contribution in [0.3, 0.4) is 0 Å². The quantitative estimate of drug-likeness (QED) is 0.412. The number of nitrogens with zero attached hydrogens (tertiary/aromatic N) is 1. The Labute approximate surface area is 171 Å². The number of anilines is 2. The van der Waals surface area contributed by atoms with Gasteiger partial charge in [-0.2, -0.15) is 4.98 Å². The van der Waals surface area contributed by atoms with Gasteiger partial charge in [-0.1, -0.05) is 29.8 Å². The highest BCUT2D eigenvalue weighted by Crippen LogP contribution is 2.34. The topological polar surface area (TPSA) is 72.2 Å². The van der Waals surface area contributed by atoms with Crippen LogP contribution in [0, 0.1) is 5.82 Å². The van der Waals surface area contributed by atoms with E-state index in [0.717, 1.165) is 12.1 Å². The molecule has 8 heteroatoms. The van der Waals surface area contributed by atoms with Crippen LogP contribution < -0.4 is 5.32 Å². The number of hydrogen-bond donors (Lipinski definition) is 1. The van der Waals surface area contributed by atoms with Crippen LogP contribution in [0.15, 0.2) is 93.2 Å². The van der Waals surface area contributed by atoms with Gasteiger partial charge in [-0.15, -0.1) is 0 Å². The van der Waals surface area contributed by atoms with E-state index in [0.29, 0.717) is 16.3 Å². The largest absolute Gasteiger partial charge is 0.419 e. The Morgan fingerprint density at radius 3 is 2.21 bits per heavy atom. The first-order chi connectivity index (χ1) is 13.9. The van der Waals surface area contributed by atoms with Crippen molar-refractivity contribution in [2.24, 2.45) is 0 Å². The lowest BCUT2D eigenvalue weighted by Crippen LogP contribution is -2.05. The minimum absolute atomic E-state index is 0.0366. The first kappa shape index (κ1) is 19.2. The fourth-order valence-electron chi connectivity index (χ4n) is 2.66. The van der Waals surface area contributed by atoms with E-state index in [1.165, 1.54) is 12.1 Å². The predicted octanol–water partition coefficient (Wildman–Crippen LogP) is 5.71. The minimum Gasteiger partial charge on any atom is -0.419 e. The highest BCUT2D eigenvalue weighted by atomic mass is 35.5. The lowest BCUT2D eigenvalue weighted by atomic mass is 10.2. The summed E-state index contributed by atoms with van der Waals surface area (Å²) in [5.41, 5.74) is 1.19. The van der Waals surface area contributed by atoms with Gasteiger partial charge in [-0.05, 0) is 60.7 Å². The van der Waals surface area contributed by atoms with E-state index in [1.54, 1.807) is 48.5 Å². The molecule has 0 spiro atoms. The maximum Gasteiger partial charge on any atom is 0.238 e. The van der Waals surface area contributed by atoms with Gasteiger partial charge in [-0.25, -0.2) is 12.8 Å². The van der Waals surface area contributed by atoms with Gasteiger partial charge in [0.05, 0.1) is 4.90 Å². The molecule has 0 fully saturated rings. The number of sulfone groups is 1. The lowest BCUT2D eigenvalue weighted by molar-refractivity contribution is 0.581. The normalized spacial score (nSPS) is 11.4. The standard InChI is InChI=1S/C21H14ClFN2O3S/c22-15-8-6-14(7-9-15)19-25-21(20(28-19)24-17-4-2-1-3-5-17)29(26,27)18-12-10-16(23)11-13-18/h1-13,24H. The van der Waals surface area contributed by atoms with Crippen LogP contribution >= 0.6 is 11.6 Å². The molecule has 146 valence electrons. The van der Waals surface area contributed by atoms with Crippen molar-refractivity contribution in [1.29, 1.82) is 0 Å². The molecule has 5 nitrogen and oxygen atoms in total. The van der Waals surface area contributed by atoms with Gasteiger partial charge in [0.25, 0.3) is 0 Å². The molecule has 0 unspecified atom stereocenters. The van der Waals surface area contributed by atoms with E-state index < -0.39 is 15.7 Å². The van der Waals surface area contributed by atoms with E-state index in [-0.39, 0.29) is 21.7 Å². The smallest absolute Gasteiger partial charge is 0.238 e. The number of hydrogen-bond acceptors (Lipinski definition) is 5. The van der Waals surface area contributed by atoms with Crippen LogP contribution in [0.5, 0.6) is 0 Å². The summed E-state index contributed by atoms with van der Waals surface area (Å²) in [6.45, 7) is 0. The Morgan fingerprint density at radius 2 is 1.55 bits per heavy atom. The molecule has 0 aliphatic rings. The number of rotatable bonds is 5. The molecule has 3 aromatic carbocycles. The van der Waals surface area contributed by atoms with E-state index in [1.807, 2.05) is 6.07 Å². The van der Waals surface area contributed by atoms with E-state index in [4.69, 9.17) is 16.0 Å². The molecule has 1 aromatic heterocycles. The number of aromatic nitrogens is 1. The zero-order valence-electron chi connectivity index (χ0n) is 14.8. The van der Waals surface area contributed by atoms with Crippen molar-refractivity contribution in [1.82, 2.24) is 4.98 Å². The lowest BCUT2D eigenvalue weighted by Gasteiger charge is -2.06. The number of nitrogens with one attached hydrogen (secondary N) is 1. The zero-order chi connectivity index (χ0) is 20.4. The Balaban J connectivity index is 1.84. The van der Waals surface area contributed by atoms with Gasteiger partial charge in [0.2, 0.25) is 26.6 Å². The molecule has 0 bridgehead atoms. The van der Waals surface area contributed by atoms with Crippen molar-refractivity contribution in [3.8, 4) is 11.5 Å². The van der Waals surface area contributed by atoms with Crippen molar-refractivity contribution in [3.05, 3.63) is 89.7 Å². The van der Waals surface area contributed by atoms with Crippen molar-refractivity contribution in [3.63, 3.8) is 0 Å². The van der Waals surface area contributed by atoms with Gasteiger partial charge in [0, 0.05) is 16.3 Å². The molecule has 0 amide bonds. The van der Waals surface area contributed by atoms with Crippen molar-refractivity contribution in [2.45, 2.75) is 9.92 Å². The number of halogens is 2. The van der Waals surface area contributed by atoms with E-state index in [2.05, 4.69) is 10.3 Å². The Hall–Kier alpha value is -3.16. The van der Waals surface area contributed by atoms with Crippen molar-refractivity contribution in [2.75, 3.05) is 5.32 Å². The van der Waals surface area contributed by atoms with Crippen molar-refractivity contribution >= 4 is 33.0 Å². The summed E-state index contributed by atoms with van der Waals surface area (Å²) in [6.07, 6.45) is 0. The SMILES string of the molecule is O=S(=O)(c1ccc(F)cc1)c1nc(-c2ccc(Cl)cc2)oc1Nc1ccccc1. The maximum atomic E-state index is 13.3. The monoisotopic (exact) mass is 428 g/mol. The minimum atomic E-state index is -4.06. The number of benzene rings is 3. The number of oxazole rings is 1. The summed E-state index contributed by atoms with van der Waals surface area (Å²) in [4.78, 5) is 4.13. The average Bonchev–Trinajstić information content (AvgIpc) is 3.14. The Bertz CT molecular complexity index is 1240. The molecular weight excluding hydrogens is 415 g/mol. The summed E-state index contributed by atoms with van der Waals surface area (Å²) < 4.78 is 45.3. The first-order valence-corrected chi connectivity index (χ1v) is 10.4. The molecule has 0 atom stereocenters. The second kappa shape index (κ2) is 7.69. The third-order valence-electron chi connectivity index (χ3n) is 4.10. The molecule has 0 radical (unpaired) electrons. The molecule has 29 heavy (non-hydrogen) atoms. The molecule has 4 rings (SSSR count). The highest BCUT2D eigenvalue weighted by Gasteiger charge is 2.28. The van der Waals surface area contributed by atoms with Gasteiger partial charge >= 0.3 is 0 Å². The second-order valence-corrected chi connectivity index (χ2v) is 8.41. The molecule has 0 aliphatic heterocycles. The van der Waals surface area contributed by atoms with Crippen molar-refractivity contribution < 1.29 is 17.2 Å². The molecule has 0 saturated heterocycles. The van der Waals surface area contributed by atoms with Crippen LogP contribution in [-0.4, -0.2) is 13.4 Å². The molecule has 1 N–H and O–H groups in total. The fourth-order valence-corrected chi connectivity index (χ4v) is 4.04. The van der Waals surface area contributed by atoms with E-state index in [9.17, 15) is 12.8 Å². The predicted molar refractivity (Wildman–Crippen MR) is 109 cm³/mol. The Kier molecular flexibility index (Phi) is 5.08. The van der Waals surface area contributed by atoms with Gasteiger partial charge < -0.3 is 9.73 Å². The van der Waals surface area contributed by atoms with Crippen LogP contribution in [0.1, 0.15) is 0 Å². The Morgan fingerprint density at radius 1 is 0.897 bits per heavy atom. The summed E-state index contributed by atoms with van der Waals surface area (Å²) in [5, 5.41) is 3.19. The molecular formula is C21H14ClFN2O3S. The van der Waals surface area contributed by atoms with Gasteiger partial charge in [-0.3, -0.25) is 0 Å².